The Morgan fingerprint density at radius 1 is 1.25 bits per heavy atom. The molecule has 0 radical (unpaired) electrons. The highest BCUT2D eigenvalue weighted by Gasteiger charge is 2.20. The van der Waals surface area contributed by atoms with E-state index >= 15 is 0 Å². The quantitative estimate of drug-likeness (QED) is 0.860. The zero-order chi connectivity index (χ0) is 15.3. The normalized spacial score (nSPS) is 13.2. The van der Waals surface area contributed by atoms with Gasteiger partial charge in [-0.25, -0.2) is 4.79 Å². The molecule has 0 bridgehead atoms. The third kappa shape index (κ3) is 5.95. The summed E-state index contributed by atoms with van der Waals surface area (Å²) in [6.07, 6.45) is -0.361. The number of nitrogens with one attached hydrogen (secondary N) is 1. The first-order valence-electron chi connectivity index (χ1n) is 6.91. The fourth-order valence-corrected chi connectivity index (χ4v) is 2.22. The topological polar surface area (TPSA) is 38.3 Å². The van der Waals surface area contributed by atoms with Crippen LogP contribution in [0.1, 0.15) is 46.1 Å². The third-order valence-corrected chi connectivity index (χ3v) is 3.50. The number of carbonyl (C=O) groups is 1. The van der Waals surface area contributed by atoms with Crippen LogP contribution < -0.4 is 5.32 Å². The standard InChI is InChI=1S/C16H24BrNO2/c1-11(2)14(12-6-8-13(17)9-7-12)10-18-15(19)20-16(3,4)5/h6-9,11,14H,10H2,1-5H3,(H,18,19)/t14-/m1/s1. The molecule has 3 nitrogen and oxygen atoms in total. The van der Waals surface area contributed by atoms with Crippen molar-refractivity contribution >= 4 is 22.0 Å². The Bertz CT molecular complexity index is 435. The van der Waals surface area contributed by atoms with Crippen LogP contribution in [0.2, 0.25) is 0 Å². The number of hydrogen-bond donors (Lipinski definition) is 1. The van der Waals surface area contributed by atoms with Gasteiger partial charge in [0.1, 0.15) is 5.60 Å². The molecule has 0 fully saturated rings. The van der Waals surface area contributed by atoms with E-state index in [0.717, 1.165) is 4.47 Å². The summed E-state index contributed by atoms with van der Waals surface area (Å²) in [4.78, 5) is 11.7. The van der Waals surface area contributed by atoms with Gasteiger partial charge in [-0.2, -0.15) is 0 Å². The highest BCUT2D eigenvalue weighted by molar-refractivity contribution is 9.10. The van der Waals surface area contributed by atoms with Gasteiger partial charge in [0.15, 0.2) is 0 Å². The number of halogens is 1. The first-order valence-corrected chi connectivity index (χ1v) is 7.70. The summed E-state index contributed by atoms with van der Waals surface area (Å²) >= 11 is 3.44. The van der Waals surface area contributed by atoms with Gasteiger partial charge < -0.3 is 10.1 Å². The zero-order valence-electron chi connectivity index (χ0n) is 12.9. The Balaban J connectivity index is 2.65. The Morgan fingerprint density at radius 2 is 1.80 bits per heavy atom. The van der Waals surface area contributed by atoms with Crippen LogP contribution in [0, 0.1) is 5.92 Å². The summed E-state index contributed by atoms with van der Waals surface area (Å²) in [6, 6.07) is 8.23. The summed E-state index contributed by atoms with van der Waals surface area (Å²) in [6.45, 7) is 10.5. The van der Waals surface area contributed by atoms with Crippen molar-refractivity contribution in [1.29, 1.82) is 0 Å². The Hall–Kier alpha value is -1.03. The summed E-state index contributed by atoms with van der Waals surface area (Å²) in [5, 5.41) is 2.86. The summed E-state index contributed by atoms with van der Waals surface area (Å²) in [7, 11) is 0. The van der Waals surface area contributed by atoms with Crippen LogP contribution in [0.3, 0.4) is 0 Å². The molecule has 1 atom stereocenters. The van der Waals surface area contributed by atoms with Gasteiger partial charge in [0.25, 0.3) is 0 Å². The lowest BCUT2D eigenvalue weighted by atomic mass is 9.88. The molecule has 0 heterocycles. The van der Waals surface area contributed by atoms with E-state index in [1.54, 1.807) is 0 Å². The van der Waals surface area contributed by atoms with Gasteiger partial charge in [-0.05, 0) is 44.4 Å². The molecule has 4 heteroatoms. The number of alkyl carbamates (subject to hydrolysis) is 1. The lowest BCUT2D eigenvalue weighted by Gasteiger charge is -2.24. The molecule has 0 spiro atoms. The van der Waals surface area contributed by atoms with Crippen molar-refractivity contribution < 1.29 is 9.53 Å². The fourth-order valence-electron chi connectivity index (χ4n) is 1.96. The van der Waals surface area contributed by atoms with Gasteiger partial charge in [0, 0.05) is 16.9 Å². The van der Waals surface area contributed by atoms with Crippen molar-refractivity contribution in [1.82, 2.24) is 5.32 Å². The molecule has 20 heavy (non-hydrogen) atoms. The van der Waals surface area contributed by atoms with Crippen molar-refractivity contribution in [3.63, 3.8) is 0 Å². The van der Waals surface area contributed by atoms with Crippen molar-refractivity contribution in [2.24, 2.45) is 5.92 Å². The maximum Gasteiger partial charge on any atom is 0.407 e. The van der Waals surface area contributed by atoms with E-state index in [-0.39, 0.29) is 12.0 Å². The molecule has 0 aliphatic heterocycles. The molecule has 0 aliphatic rings. The lowest BCUT2D eigenvalue weighted by molar-refractivity contribution is 0.0522. The van der Waals surface area contributed by atoms with Gasteiger partial charge in [0.05, 0.1) is 0 Å². The average Bonchev–Trinajstić information content (AvgIpc) is 2.29. The van der Waals surface area contributed by atoms with E-state index in [2.05, 4.69) is 47.2 Å². The molecule has 0 saturated heterocycles. The first-order chi connectivity index (χ1) is 9.19. The number of carbonyl (C=O) groups excluding carboxylic acids is 1. The molecule has 1 aromatic carbocycles. The van der Waals surface area contributed by atoms with Gasteiger partial charge >= 0.3 is 6.09 Å². The van der Waals surface area contributed by atoms with E-state index in [9.17, 15) is 4.79 Å². The first kappa shape index (κ1) is 17.0. The van der Waals surface area contributed by atoms with Crippen LogP contribution in [0.25, 0.3) is 0 Å². The minimum absolute atomic E-state index is 0.274. The summed E-state index contributed by atoms with van der Waals surface area (Å²) in [5.74, 6) is 0.710. The van der Waals surface area contributed by atoms with Crippen molar-refractivity contribution in [3.05, 3.63) is 34.3 Å². The maximum atomic E-state index is 11.7. The van der Waals surface area contributed by atoms with Crippen LogP contribution in [0.15, 0.2) is 28.7 Å². The molecule has 1 amide bonds. The largest absolute Gasteiger partial charge is 0.444 e. The average molecular weight is 342 g/mol. The maximum absolute atomic E-state index is 11.7. The molecule has 1 rings (SSSR count). The second-order valence-electron chi connectivity index (χ2n) is 6.28. The molecule has 0 aliphatic carbocycles. The number of amides is 1. The van der Waals surface area contributed by atoms with E-state index in [1.807, 2.05) is 32.9 Å². The van der Waals surface area contributed by atoms with Gasteiger partial charge in [0.2, 0.25) is 0 Å². The van der Waals surface area contributed by atoms with Gasteiger partial charge in [-0.15, -0.1) is 0 Å². The van der Waals surface area contributed by atoms with Crippen LogP contribution >= 0.6 is 15.9 Å². The molecule has 1 N–H and O–H groups in total. The van der Waals surface area contributed by atoms with E-state index in [0.29, 0.717) is 12.5 Å². The monoisotopic (exact) mass is 341 g/mol. The van der Waals surface area contributed by atoms with Gasteiger partial charge in [-0.1, -0.05) is 41.9 Å². The van der Waals surface area contributed by atoms with E-state index in [1.165, 1.54) is 5.56 Å². The second kappa shape index (κ2) is 7.11. The summed E-state index contributed by atoms with van der Waals surface area (Å²) < 4.78 is 6.32. The lowest BCUT2D eigenvalue weighted by Crippen LogP contribution is -2.35. The summed E-state index contributed by atoms with van der Waals surface area (Å²) in [5.41, 5.74) is 0.758. The molecule has 112 valence electrons. The smallest absolute Gasteiger partial charge is 0.407 e. The van der Waals surface area contributed by atoms with Crippen molar-refractivity contribution in [2.75, 3.05) is 6.54 Å². The number of ether oxygens (including phenoxy) is 1. The second-order valence-corrected chi connectivity index (χ2v) is 7.20. The fraction of sp³-hybridized carbons (Fsp3) is 0.562. The number of benzene rings is 1. The Kier molecular flexibility index (Phi) is 6.06. The molecule has 1 aromatic rings. The van der Waals surface area contributed by atoms with E-state index < -0.39 is 5.60 Å². The van der Waals surface area contributed by atoms with Crippen molar-refractivity contribution in [2.45, 2.75) is 46.1 Å². The number of rotatable bonds is 4. The molecule has 0 aromatic heterocycles. The predicted molar refractivity (Wildman–Crippen MR) is 86.0 cm³/mol. The Morgan fingerprint density at radius 3 is 2.25 bits per heavy atom. The highest BCUT2D eigenvalue weighted by atomic mass is 79.9. The van der Waals surface area contributed by atoms with Crippen LogP contribution in [-0.2, 0) is 4.74 Å². The molecule has 0 unspecified atom stereocenters. The van der Waals surface area contributed by atoms with Gasteiger partial charge in [-0.3, -0.25) is 0 Å². The highest BCUT2D eigenvalue weighted by Crippen LogP contribution is 2.25. The van der Waals surface area contributed by atoms with Crippen LogP contribution in [0.5, 0.6) is 0 Å². The number of hydrogen-bond acceptors (Lipinski definition) is 2. The third-order valence-electron chi connectivity index (χ3n) is 2.97. The minimum Gasteiger partial charge on any atom is -0.444 e. The minimum atomic E-state index is -0.463. The zero-order valence-corrected chi connectivity index (χ0v) is 14.5. The predicted octanol–water partition coefficient (Wildman–Crippen LogP) is 4.71. The molecule has 0 saturated carbocycles. The molecular weight excluding hydrogens is 318 g/mol. The SMILES string of the molecule is CC(C)[C@@H](CNC(=O)OC(C)(C)C)c1ccc(Br)cc1. The molecular formula is C16H24BrNO2. The van der Waals surface area contributed by atoms with E-state index in [4.69, 9.17) is 4.74 Å². The van der Waals surface area contributed by atoms with Crippen LogP contribution in [0.4, 0.5) is 4.79 Å². The van der Waals surface area contributed by atoms with Crippen LogP contribution in [-0.4, -0.2) is 18.2 Å². The Labute approximate surface area is 130 Å². The van der Waals surface area contributed by atoms with Crippen molar-refractivity contribution in [3.8, 4) is 0 Å².